The van der Waals surface area contributed by atoms with Crippen molar-refractivity contribution in [3.63, 3.8) is 0 Å². The average molecular weight is 197 g/mol. The van der Waals surface area contributed by atoms with E-state index in [2.05, 4.69) is 23.2 Å². The Morgan fingerprint density at radius 3 is 3.14 bits per heavy atom. The largest absolute Gasteiger partial charge is 0.374 e. The van der Waals surface area contributed by atoms with Crippen molar-refractivity contribution in [2.75, 3.05) is 26.2 Å². The summed E-state index contributed by atoms with van der Waals surface area (Å²) in [5, 5.41) is 0. The van der Waals surface area contributed by atoms with Gasteiger partial charge in [-0.2, -0.15) is 0 Å². The minimum Gasteiger partial charge on any atom is -0.374 e. The molecule has 1 fully saturated rings. The number of hydrogen-bond donors (Lipinski definition) is 2. The molecule has 14 heavy (non-hydrogen) atoms. The molecular formula is C10H19N3O. The van der Waals surface area contributed by atoms with E-state index in [0.29, 0.717) is 6.42 Å². The van der Waals surface area contributed by atoms with Crippen LogP contribution in [-0.4, -0.2) is 43.3 Å². The van der Waals surface area contributed by atoms with E-state index in [-0.39, 0.29) is 12.1 Å². The van der Waals surface area contributed by atoms with Gasteiger partial charge in [-0.1, -0.05) is 6.92 Å². The highest BCUT2D eigenvalue weighted by molar-refractivity contribution is 4.93. The number of hydrazine groups is 1. The predicted octanol–water partition coefficient (Wildman–Crippen LogP) is -0.438. The van der Waals surface area contributed by atoms with Crippen LogP contribution in [0, 0.1) is 12.3 Å². The molecule has 4 nitrogen and oxygen atoms in total. The van der Waals surface area contributed by atoms with Crippen molar-refractivity contribution >= 4 is 0 Å². The van der Waals surface area contributed by atoms with Crippen LogP contribution in [-0.2, 0) is 4.74 Å². The lowest BCUT2D eigenvalue weighted by Gasteiger charge is -2.35. The van der Waals surface area contributed by atoms with Crippen molar-refractivity contribution in [2.45, 2.75) is 25.5 Å². The van der Waals surface area contributed by atoms with Crippen molar-refractivity contribution in [1.29, 1.82) is 0 Å². The number of likely N-dealkylation sites (N-methyl/N-ethyl adjacent to an activating group) is 1. The zero-order valence-corrected chi connectivity index (χ0v) is 8.70. The van der Waals surface area contributed by atoms with E-state index < -0.39 is 0 Å². The summed E-state index contributed by atoms with van der Waals surface area (Å²) in [5.74, 6) is 8.04. The second kappa shape index (κ2) is 5.99. The fourth-order valence-electron chi connectivity index (χ4n) is 1.69. The molecule has 0 spiro atoms. The normalized spacial score (nSPS) is 25.6. The predicted molar refractivity (Wildman–Crippen MR) is 56.4 cm³/mol. The van der Waals surface area contributed by atoms with Gasteiger partial charge < -0.3 is 4.74 Å². The van der Waals surface area contributed by atoms with Crippen LogP contribution in [0.5, 0.6) is 0 Å². The molecule has 0 bridgehead atoms. The van der Waals surface area contributed by atoms with Gasteiger partial charge in [0, 0.05) is 19.5 Å². The quantitative estimate of drug-likeness (QED) is 0.364. The third kappa shape index (κ3) is 2.96. The molecule has 0 aromatic rings. The summed E-state index contributed by atoms with van der Waals surface area (Å²) in [4.78, 5) is 2.34. The summed E-state index contributed by atoms with van der Waals surface area (Å²) >= 11 is 0. The van der Waals surface area contributed by atoms with E-state index >= 15 is 0 Å². The second-order valence-corrected chi connectivity index (χ2v) is 3.48. The summed E-state index contributed by atoms with van der Waals surface area (Å²) in [7, 11) is 0. The van der Waals surface area contributed by atoms with Gasteiger partial charge >= 0.3 is 0 Å². The Balaban J connectivity index is 2.45. The van der Waals surface area contributed by atoms with Gasteiger partial charge in [-0.05, 0) is 6.54 Å². The van der Waals surface area contributed by atoms with Gasteiger partial charge in [-0.3, -0.25) is 16.2 Å². The zero-order chi connectivity index (χ0) is 10.4. The summed E-state index contributed by atoms with van der Waals surface area (Å²) in [6.45, 7) is 5.87. The molecular weight excluding hydrogens is 178 g/mol. The van der Waals surface area contributed by atoms with E-state index in [9.17, 15) is 0 Å². The topological polar surface area (TPSA) is 50.5 Å². The Hall–Kier alpha value is -0.600. The van der Waals surface area contributed by atoms with Gasteiger partial charge in [0.1, 0.15) is 0 Å². The number of morpholine rings is 1. The van der Waals surface area contributed by atoms with Crippen LogP contribution in [0.2, 0.25) is 0 Å². The monoisotopic (exact) mass is 197 g/mol. The number of hydrogen-bond acceptors (Lipinski definition) is 4. The van der Waals surface area contributed by atoms with Crippen molar-refractivity contribution < 1.29 is 4.74 Å². The number of nitrogens with two attached hydrogens (primary N) is 1. The van der Waals surface area contributed by atoms with Gasteiger partial charge in [0.05, 0.1) is 18.8 Å². The van der Waals surface area contributed by atoms with Crippen LogP contribution >= 0.6 is 0 Å². The number of rotatable bonds is 4. The number of ether oxygens (including phenoxy) is 1. The van der Waals surface area contributed by atoms with Gasteiger partial charge in [0.15, 0.2) is 0 Å². The molecule has 2 atom stereocenters. The van der Waals surface area contributed by atoms with Crippen LogP contribution in [0.1, 0.15) is 13.3 Å². The summed E-state index contributed by atoms with van der Waals surface area (Å²) in [5.41, 5.74) is 2.72. The van der Waals surface area contributed by atoms with Crippen LogP contribution in [0.3, 0.4) is 0 Å². The smallest absolute Gasteiger partial charge is 0.0878 e. The molecule has 0 saturated carbocycles. The molecule has 0 amide bonds. The lowest BCUT2D eigenvalue weighted by Crippen LogP contribution is -2.53. The van der Waals surface area contributed by atoms with Crippen LogP contribution in [0.15, 0.2) is 0 Å². The van der Waals surface area contributed by atoms with E-state index in [1.165, 1.54) is 0 Å². The fraction of sp³-hybridized carbons (Fsp3) is 0.800. The Kier molecular flexibility index (Phi) is 4.91. The minimum absolute atomic E-state index is 0.0642. The second-order valence-electron chi connectivity index (χ2n) is 3.48. The Morgan fingerprint density at radius 1 is 1.79 bits per heavy atom. The highest BCUT2D eigenvalue weighted by Crippen LogP contribution is 2.10. The Labute approximate surface area is 85.8 Å². The molecule has 3 N–H and O–H groups in total. The lowest BCUT2D eigenvalue weighted by atomic mass is 10.1. The number of nitrogens with zero attached hydrogens (tertiary/aromatic N) is 1. The van der Waals surface area contributed by atoms with Crippen molar-refractivity contribution in [2.24, 2.45) is 5.84 Å². The zero-order valence-electron chi connectivity index (χ0n) is 8.70. The van der Waals surface area contributed by atoms with Crippen LogP contribution in [0.25, 0.3) is 0 Å². The standard InChI is InChI=1S/C10H19N3O/c1-3-5-9(12-11)10-8-13(4-2)6-7-14-10/h1,9-10,12H,4-8,11H2,2H3. The first-order chi connectivity index (χ1) is 6.81. The molecule has 1 aliphatic rings. The molecule has 80 valence electrons. The van der Waals surface area contributed by atoms with Gasteiger partial charge in [-0.25, -0.2) is 0 Å². The molecule has 1 rings (SSSR count). The number of terminal acetylenes is 1. The van der Waals surface area contributed by atoms with Crippen molar-refractivity contribution in [1.82, 2.24) is 10.3 Å². The highest BCUT2D eigenvalue weighted by Gasteiger charge is 2.26. The van der Waals surface area contributed by atoms with Gasteiger partial charge in [0.2, 0.25) is 0 Å². The van der Waals surface area contributed by atoms with E-state index in [1.54, 1.807) is 0 Å². The maximum atomic E-state index is 5.64. The Morgan fingerprint density at radius 2 is 2.57 bits per heavy atom. The maximum Gasteiger partial charge on any atom is 0.0878 e. The highest BCUT2D eigenvalue weighted by atomic mass is 16.5. The third-order valence-electron chi connectivity index (χ3n) is 2.63. The lowest BCUT2D eigenvalue weighted by molar-refractivity contribution is -0.0440. The van der Waals surface area contributed by atoms with Gasteiger partial charge in [0.25, 0.3) is 0 Å². The third-order valence-corrected chi connectivity index (χ3v) is 2.63. The molecule has 0 aromatic heterocycles. The molecule has 0 radical (unpaired) electrons. The average Bonchev–Trinajstić information content (AvgIpc) is 2.26. The van der Waals surface area contributed by atoms with Crippen LogP contribution in [0.4, 0.5) is 0 Å². The molecule has 1 saturated heterocycles. The number of nitrogens with one attached hydrogen (secondary N) is 1. The first-order valence-electron chi connectivity index (χ1n) is 5.05. The molecule has 0 aliphatic carbocycles. The van der Waals surface area contributed by atoms with Crippen molar-refractivity contribution in [3.8, 4) is 12.3 Å². The minimum atomic E-state index is 0.0642. The maximum absolute atomic E-state index is 5.64. The fourth-order valence-corrected chi connectivity index (χ4v) is 1.69. The first-order valence-corrected chi connectivity index (χ1v) is 5.05. The Bertz CT molecular complexity index is 202. The van der Waals surface area contributed by atoms with E-state index in [4.69, 9.17) is 17.0 Å². The SMILES string of the molecule is C#CCC(NN)C1CN(CC)CCO1. The molecule has 4 heteroatoms. The van der Waals surface area contributed by atoms with Crippen molar-refractivity contribution in [3.05, 3.63) is 0 Å². The molecule has 0 aromatic carbocycles. The summed E-state index contributed by atoms with van der Waals surface area (Å²) < 4.78 is 5.64. The van der Waals surface area contributed by atoms with Crippen LogP contribution < -0.4 is 11.3 Å². The van der Waals surface area contributed by atoms with E-state index in [1.807, 2.05) is 0 Å². The van der Waals surface area contributed by atoms with Gasteiger partial charge in [-0.15, -0.1) is 12.3 Å². The molecule has 2 unspecified atom stereocenters. The summed E-state index contributed by atoms with van der Waals surface area (Å²) in [6, 6.07) is 0.0642. The summed E-state index contributed by atoms with van der Waals surface area (Å²) in [6.07, 6.45) is 5.99. The molecule has 1 heterocycles. The first kappa shape index (κ1) is 11.5. The van der Waals surface area contributed by atoms with E-state index in [0.717, 1.165) is 26.2 Å². The molecule has 1 aliphatic heterocycles.